The molecule has 2 aromatic rings. The third-order valence-electron chi connectivity index (χ3n) is 2.12. The molecule has 2 rings (SSSR count). The average Bonchev–Trinajstić information content (AvgIpc) is 2.23. The second-order valence-electron chi connectivity index (χ2n) is 3.18. The highest BCUT2D eigenvalue weighted by Gasteiger charge is 2.01. The summed E-state index contributed by atoms with van der Waals surface area (Å²) in [6.45, 7) is 0. The Morgan fingerprint density at radius 2 is 1.33 bits per heavy atom. The highest BCUT2D eigenvalue weighted by Crippen LogP contribution is 2.29. The SMILES string of the molecule is Oc1ccc(-c2ccc(Cl)c(Cl)c2)cc1. The summed E-state index contributed by atoms with van der Waals surface area (Å²) in [5.74, 6) is 0.249. The van der Waals surface area contributed by atoms with Crippen molar-refractivity contribution in [1.29, 1.82) is 0 Å². The summed E-state index contributed by atoms with van der Waals surface area (Å²) in [6, 6.07) is 12.4. The molecule has 0 aliphatic rings. The van der Waals surface area contributed by atoms with Gasteiger partial charge in [0.05, 0.1) is 10.0 Å². The lowest BCUT2D eigenvalue weighted by molar-refractivity contribution is 0.475. The molecule has 0 atom stereocenters. The monoisotopic (exact) mass is 238 g/mol. The van der Waals surface area contributed by atoms with E-state index < -0.39 is 0 Å². The van der Waals surface area contributed by atoms with E-state index in [0.29, 0.717) is 10.0 Å². The molecule has 0 unspecified atom stereocenters. The summed E-state index contributed by atoms with van der Waals surface area (Å²) in [5.41, 5.74) is 1.97. The quantitative estimate of drug-likeness (QED) is 0.783. The lowest BCUT2D eigenvalue weighted by Gasteiger charge is -2.03. The van der Waals surface area contributed by atoms with Crippen molar-refractivity contribution in [3.8, 4) is 16.9 Å². The van der Waals surface area contributed by atoms with E-state index in [9.17, 15) is 0 Å². The Hall–Kier alpha value is -1.18. The van der Waals surface area contributed by atoms with Crippen LogP contribution in [0.4, 0.5) is 0 Å². The van der Waals surface area contributed by atoms with Crippen LogP contribution in [-0.2, 0) is 0 Å². The van der Waals surface area contributed by atoms with Crippen LogP contribution in [0.5, 0.6) is 5.75 Å². The molecule has 0 bridgehead atoms. The fourth-order valence-electron chi connectivity index (χ4n) is 1.33. The first-order chi connectivity index (χ1) is 7.16. The molecular weight excluding hydrogens is 231 g/mol. The Labute approximate surface area is 97.9 Å². The Kier molecular flexibility index (Phi) is 2.85. The van der Waals surface area contributed by atoms with Crippen LogP contribution in [0.1, 0.15) is 0 Å². The topological polar surface area (TPSA) is 20.2 Å². The first-order valence-electron chi connectivity index (χ1n) is 4.41. The predicted molar refractivity (Wildman–Crippen MR) is 63.6 cm³/mol. The molecule has 2 aromatic carbocycles. The maximum absolute atomic E-state index is 9.16. The number of rotatable bonds is 1. The molecule has 0 aliphatic heterocycles. The average molecular weight is 239 g/mol. The molecule has 1 nitrogen and oxygen atoms in total. The minimum absolute atomic E-state index is 0.249. The zero-order valence-corrected chi connectivity index (χ0v) is 9.26. The van der Waals surface area contributed by atoms with Crippen molar-refractivity contribution in [2.24, 2.45) is 0 Å². The first-order valence-corrected chi connectivity index (χ1v) is 5.17. The van der Waals surface area contributed by atoms with Gasteiger partial charge >= 0.3 is 0 Å². The smallest absolute Gasteiger partial charge is 0.115 e. The summed E-state index contributed by atoms with van der Waals surface area (Å²) in [6.07, 6.45) is 0. The molecule has 0 heterocycles. The lowest BCUT2D eigenvalue weighted by Crippen LogP contribution is -1.77. The van der Waals surface area contributed by atoms with Gasteiger partial charge in [0.1, 0.15) is 5.75 Å². The number of hydrogen-bond donors (Lipinski definition) is 1. The number of aromatic hydroxyl groups is 1. The van der Waals surface area contributed by atoms with Gasteiger partial charge in [-0.25, -0.2) is 0 Å². The van der Waals surface area contributed by atoms with Crippen LogP contribution in [0.25, 0.3) is 11.1 Å². The molecule has 0 saturated carbocycles. The maximum Gasteiger partial charge on any atom is 0.115 e. The minimum Gasteiger partial charge on any atom is -0.508 e. The van der Waals surface area contributed by atoms with Gasteiger partial charge in [-0.05, 0) is 35.4 Å². The van der Waals surface area contributed by atoms with Crippen molar-refractivity contribution >= 4 is 23.2 Å². The Balaban J connectivity index is 2.45. The van der Waals surface area contributed by atoms with Crippen molar-refractivity contribution in [2.45, 2.75) is 0 Å². The maximum atomic E-state index is 9.16. The molecule has 0 aromatic heterocycles. The van der Waals surface area contributed by atoms with Crippen LogP contribution in [-0.4, -0.2) is 5.11 Å². The van der Waals surface area contributed by atoms with Crippen molar-refractivity contribution in [3.63, 3.8) is 0 Å². The van der Waals surface area contributed by atoms with Gasteiger partial charge in [0.2, 0.25) is 0 Å². The van der Waals surface area contributed by atoms with E-state index in [0.717, 1.165) is 11.1 Å². The zero-order valence-electron chi connectivity index (χ0n) is 7.74. The molecule has 0 fully saturated rings. The van der Waals surface area contributed by atoms with Crippen LogP contribution in [0.3, 0.4) is 0 Å². The fourth-order valence-corrected chi connectivity index (χ4v) is 1.63. The standard InChI is InChI=1S/C12H8Cl2O/c13-11-6-3-9(7-12(11)14)8-1-4-10(15)5-2-8/h1-7,15H. The molecule has 3 heteroatoms. The normalized spacial score (nSPS) is 10.3. The number of halogens is 2. The van der Waals surface area contributed by atoms with Gasteiger partial charge in [-0.2, -0.15) is 0 Å². The van der Waals surface area contributed by atoms with Gasteiger partial charge in [0.25, 0.3) is 0 Å². The third-order valence-corrected chi connectivity index (χ3v) is 2.86. The molecule has 0 spiro atoms. The largest absolute Gasteiger partial charge is 0.508 e. The van der Waals surface area contributed by atoms with E-state index in [4.69, 9.17) is 28.3 Å². The third kappa shape index (κ3) is 2.25. The highest BCUT2D eigenvalue weighted by atomic mass is 35.5. The number of benzene rings is 2. The zero-order chi connectivity index (χ0) is 10.8. The van der Waals surface area contributed by atoms with Gasteiger partial charge < -0.3 is 5.11 Å². The van der Waals surface area contributed by atoms with Gasteiger partial charge in [-0.15, -0.1) is 0 Å². The molecule has 15 heavy (non-hydrogen) atoms. The number of hydrogen-bond acceptors (Lipinski definition) is 1. The van der Waals surface area contributed by atoms with Gasteiger partial charge in [-0.3, -0.25) is 0 Å². The molecule has 0 aliphatic carbocycles. The Morgan fingerprint density at radius 3 is 1.93 bits per heavy atom. The van der Waals surface area contributed by atoms with Crippen LogP contribution < -0.4 is 0 Å². The van der Waals surface area contributed by atoms with Crippen molar-refractivity contribution in [3.05, 3.63) is 52.5 Å². The summed E-state index contributed by atoms with van der Waals surface area (Å²) >= 11 is 11.7. The fraction of sp³-hybridized carbons (Fsp3) is 0. The van der Waals surface area contributed by atoms with E-state index in [1.54, 1.807) is 24.3 Å². The van der Waals surface area contributed by atoms with Crippen LogP contribution in [0.15, 0.2) is 42.5 Å². The van der Waals surface area contributed by atoms with E-state index in [1.807, 2.05) is 18.2 Å². The molecule has 1 N–H and O–H groups in total. The minimum atomic E-state index is 0.249. The number of phenolic OH excluding ortho intramolecular Hbond substituents is 1. The molecule has 0 amide bonds. The van der Waals surface area contributed by atoms with E-state index in [2.05, 4.69) is 0 Å². The van der Waals surface area contributed by atoms with Crippen molar-refractivity contribution < 1.29 is 5.11 Å². The molecule has 76 valence electrons. The first kappa shape index (κ1) is 10.3. The molecule has 0 radical (unpaired) electrons. The summed E-state index contributed by atoms with van der Waals surface area (Å²) in [5, 5.41) is 10.2. The van der Waals surface area contributed by atoms with Crippen molar-refractivity contribution in [1.82, 2.24) is 0 Å². The van der Waals surface area contributed by atoms with Crippen molar-refractivity contribution in [2.75, 3.05) is 0 Å². The second-order valence-corrected chi connectivity index (χ2v) is 3.99. The highest BCUT2D eigenvalue weighted by molar-refractivity contribution is 6.42. The summed E-state index contributed by atoms with van der Waals surface area (Å²) in [7, 11) is 0. The predicted octanol–water partition coefficient (Wildman–Crippen LogP) is 4.37. The lowest BCUT2D eigenvalue weighted by atomic mass is 10.1. The van der Waals surface area contributed by atoms with Gasteiger partial charge in [-0.1, -0.05) is 41.4 Å². The molecular formula is C12H8Cl2O. The summed E-state index contributed by atoms with van der Waals surface area (Å²) < 4.78 is 0. The summed E-state index contributed by atoms with van der Waals surface area (Å²) in [4.78, 5) is 0. The second kappa shape index (κ2) is 4.13. The Bertz CT molecular complexity index is 477. The van der Waals surface area contributed by atoms with Gasteiger partial charge in [0.15, 0.2) is 0 Å². The van der Waals surface area contributed by atoms with Gasteiger partial charge in [0, 0.05) is 0 Å². The molecule has 0 saturated heterocycles. The number of phenols is 1. The van der Waals surface area contributed by atoms with E-state index in [-0.39, 0.29) is 5.75 Å². The Morgan fingerprint density at radius 1 is 0.733 bits per heavy atom. The van der Waals surface area contributed by atoms with E-state index >= 15 is 0 Å². The van der Waals surface area contributed by atoms with E-state index in [1.165, 1.54) is 0 Å². The van der Waals surface area contributed by atoms with Crippen LogP contribution in [0, 0.1) is 0 Å². The van der Waals surface area contributed by atoms with Crippen LogP contribution in [0.2, 0.25) is 10.0 Å². The van der Waals surface area contributed by atoms with Crippen LogP contribution >= 0.6 is 23.2 Å².